The van der Waals surface area contributed by atoms with E-state index in [-0.39, 0.29) is 6.10 Å². The molecule has 6 nitrogen and oxygen atoms in total. The maximum absolute atomic E-state index is 9.71. The molecule has 150 valence electrons. The van der Waals surface area contributed by atoms with Crippen LogP contribution in [0.15, 0.2) is 41.0 Å². The maximum atomic E-state index is 9.71. The largest absolute Gasteiger partial charge is 0.393 e. The van der Waals surface area contributed by atoms with Crippen molar-refractivity contribution in [3.63, 3.8) is 0 Å². The number of aliphatic hydroxyl groups excluding tert-OH is 1. The lowest BCUT2D eigenvalue weighted by molar-refractivity contribution is 0.0495. The molecule has 0 bridgehead atoms. The topological polar surface area (TPSA) is 73.3 Å². The standard InChI is InChI=1S/C21H28BrN5O/c22-19-14-23-21(25-15-4-2-1-3-5-15)26-20(19)24-16-6-8-17(9-7-16)27-12-10-18(28)11-13-27/h1-5,14,16-18,28H,6-13H2,(H2,23,24,25,26). The number of nitrogens with one attached hydrogen (secondary N) is 2. The van der Waals surface area contributed by atoms with Crippen LogP contribution in [0.5, 0.6) is 0 Å². The van der Waals surface area contributed by atoms with Crippen molar-refractivity contribution in [2.75, 3.05) is 23.7 Å². The van der Waals surface area contributed by atoms with Crippen LogP contribution in [0.2, 0.25) is 0 Å². The van der Waals surface area contributed by atoms with E-state index in [1.165, 1.54) is 12.8 Å². The van der Waals surface area contributed by atoms with E-state index in [1.54, 1.807) is 6.20 Å². The summed E-state index contributed by atoms with van der Waals surface area (Å²) in [4.78, 5) is 11.6. The van der Waals surface area contributed by atoms with Crippen LogP contribution >= 0.6 is 15.9 Å². The number of likely N-dealkylation sites (tertiary alicyclic amines) is 1. The number of piperidine rings is 1. The summed E-state index contributed by atoms with van der Waals surface area (Å²) in [6, 6.07) is 11.1. The molecule has 1 aromatic carbocycles. The molecule has 1 aromatic heterocycles. The van der Waals surface area contributed by atoms with Gasteiger partial charge in [0.2, 0.25) is 5.95 Å². The molecule has 7 heteroatoms. The first-order valence-electron chi connectivity index (χ1n) is 10.2. The second-order valence-corrected chi connectivity index (χ2v) is 8.65. The highest BCUT2D eigenvalue weighted by atomic mass is 79.9. The summed E-state index contributed by atoms with van der Waals surface area (Å²) in [6.07, 6.45) is 8.22. The SMILES string of the molecule is OC1CCN(C2CCC(Nc3nc(Nc4ccccc4)ncc3Br)CC2)CC1. The van der Waals surface area contributed by atoms with E-state index < -0.39 is 0 Å². The quantitative estimate of drug-likeness (QED) is 0.641. The number of aliphatic hydroxyl groups is 1. The Hall–Kier alpha value is -1.70. The third kappa shape index (κ3) is 5.01. The highest BCUT2D eigenvalue weighted by molar-refractivity contribution is 9.10. The monoisotopic (exact) mass is 445 g/mol. The molecule has 0 radical (unpaired) electrons. The van der Waals surface area contributed by atoms with E-state index in [2.05, 4.69) is 41.4 Å². The summed E-state index contributed by atoms with van der Waals surface area (Å²) in [5.41, 5.74) is 0.975. The van der Waals surface area contributed by atoms with Crippen molar-refractivity contribution in [2.45, 2.75) is 56.7 Å². The lowest BCUT2D eigenvalue weighted by atomic mass is 9.89. The van der Waals surface area contributed by atoms with Gasteiger partial charge in [-0.05, 0) is 66.6 Å². The Kier molecular flexibility index (Phi) is 6.44. The van der Waals surface area contributed by atoms with Crippen LogP contribution in [0.3, 0.4) is 0 Å². The van der Waals surface area contributed by atoms with Gasteiger partial charge in [-0.1, -0.05) is 18.2 Å². The van der Waals surface area contributed by atoms with E-state index in [1.807, 2.05) is 30.3 Å². The minimum atomic E-state index is -0.0944. The number of nitrogens with zero attached hydrogens (tertiary/aromatic N) is 3. The first-order valence-corrected chi connectivity index (χ1v) is 11.0. The molecule has 4 rings (SSSR count). The molecule has 1 aliphatic carbocycles. The Bertz CT molecular complexity index is 759. The Morgan fingerprint density at radius 2 is 1.71 bits per heavy atom. The molecular formula is C21H28BrN5O. The van der Waals surface area contributed by atoms with Crippen LogP contribution in [0.25, 0.3) is 0 Å². The Balaban J connectivity index is 1.32. The predicted molar refractivity (Wildman–Crippen MR) is 116 cm³/mol. The molecule has 3 N–H and O–H groups in total. The van der Waals surface area contributed by atoms with Gasteiger partial charge in [-0.25, -0.2) is 4.98 Å². The lowest BCUT2D eigenvalue weighted by Crippen LogP contribution is -2.45. The van der Waals surface area contributed by atoms with Gasteiger partial charge in [-0.2, -0.15) is 4.98 Å². The molecular weight excluding hydrogens is 418 g/mol. The predicted octanol–water partition coefficient (Wildman–Crippen LogP) is 4.16. The molecule has 1 saturated carbocycles. The van der Waals surface area contributed by atoms with Gasteiger partial charge in [-0.15, -0.1) is 0 Å². The summed E-state index contributed by atoms with van der Waals surface area (Å²) >= 11 is 3.58. The number of rotatable bonds is 5. The Labute approximate surface area is 174 Å². The smallest absolute Gasteiger partial charge is 0.229 e. The second-order valence-electron chi connectivity index (χ2n) is 7.80. The van der Waals surface area contributed by atoms with Gasteiger partial charge in [-0.3, -0.25) is 0 Å². The van der Waals surface area contributed by atoms with Crippen molar-refractivity contribution in [3.05, 3.63) is 41.0 Å². The van der Waals surface area contributed by atoms with E-state index in [0.717, 1.165) is 54.8 Å². The van der Waals surface area contributed by atoms with Crippen molar-refractivity contribution in [3.8, 4) is 0 Å². The summed E-state index contributed by atoms with van der Waals surface area (Å²) in [5.74, 6) is 1.44. The summed E-state index contributed by atoms with van der Waals surface area (Å²) in [6.45, 7) is 2.08. The molecule has 0 unspecified atom stereocenters. The number of hydrogen-bond acceptors (Lipinski definition) is 6. The minimum Gasteiger partial charge on any atom is -0.393 e. The van der Waals surface area contributed by atoms with Gasteiger partial charge < -0.3 is 20.6 Å². The number of anilines is 3. The summed E-state index contributed by atoms with van der Waals surface area (Å²) in [7, 11) is 0. The first kappa shape index (κ1) is 19.6. The average molecular weight is 446 g/mol. The van der Waals surface area contributed by atoms with Crippen molar-refractivity contribution in [1.82, 2.24) is 14.9 Å². The van der Waals surface area contributed by atoms with Crippen molar-refractivity contribution >= 4 is 33.4 Å². The van der Waals surface area contributed by atoms with Crippen LogP contribution in [-0.4, -0.2) is 51.3 Å². The summed E-state index contributed by atoms with van der Waals surface area (Å²) < 4.78 is 0.887. The third-order valence-electron chi connectivity index (χ3n) is 5.83. The molecule has 28 heavy (non-hydrogen) atoms. The van der Waals surface area contributed by atoms with Crippen molar-refractivity contribution < 1.29 is 5.11 Å². The molecule has 0 atom stereocenters. The molecule has 2 heterocycles. The van der Waals surface area contributed by atoms with Crippen molar-refractivity contribution in [2.24, 2.45) is 0 Å². The number of halogens is 1. The fourth-order valence-corrected chi connectivity index (χ4v) is 4.51. The van der Waals surface area contributed by atoms with E-state index >= 15 is 0 Å². The average Bonchev–Trinajstić information content (AvgIpc) is 2.72. The van der Waals surface area contributed by atoms with E-state index in [4.69, 9.17) is 0 Å². The molecule has 1 aliphatic heterocycles. The fraction of sp³-hybridized carbons (Fsp3) is 0.524. The van der Waals surface area contributed by atoms with Gasteiger partial charge in [0.05, 0.1) is 10.6 Å². The lowest BCUT2D eigenvalue weighted by Gasteiger charge is -2.40. The van der Waals surface area contributed by atoms with Crippen LogP contribution < -0.4 is 10.6 Å². The van der Waals surface area contributed by atoms with Crippen molar-refractivity contribution in [1.29, 1.82) is 0 Å². The molecule has 0 amide bonds. The van der Waals surface area contributed by atoms with Gasteiger partial charge >= 0.3 is 0 Å². The van der Waals surface area contributed by atoms with Gasteiger partial charge in [0, 0.05) is 37.1 Å². The van der Waals surface area contributed by atoms with Crippen LogP contribution in [0.1, 0.15) is 38.5 Å². The van der Waals surface area contributed by atoms with Crippen LogP contribution in [0.4, 0.5) is 17.5 Å². The number of para-hydroxylation sites is 1. The molecule has 2 aliphatic rings. The molecule has 1 saturated heterocycles. The van der Waals surface area contributed by atoms with Gasteiger partial charge in [0.1, 0.15) is 5.82 Å². The minimum absolute atomic E-state index is 0.0944. The van der Waals surface area contributed by atoms with Gasteiger partial charge in [0.25, 0.3) is 0 Å². The zero-order valence-corrected chi connectivity index (χ0v) is 17.6. The van der Waals surface area contributed by atoms with Gasteiger partial charge in [0.15, 0.2) is 0 Å². The number of benzene rings is 1. The second kappa shape index (κ2) is 9.20. The first-order chi connectivity index (χ1) is 13.7. The number of aromatic nitrogens is 2. The normalized spacial score (nSPS) is 24.1. The Morgan fingerprint density at radius 3 is 2.43 bits per heavy atom. The number of hydrogen-bond donors (Lipinski definition) is 3. The molecule has 2 aromatic rings. The molecule has 0 spiro atoms. The van der Waals surface area contributed by atoms with Crippen LogP contribution in [0, 0.1) is 0 Å². The highest BCUT2D eigenvalue weighted by Crippen LogP contribution is 2.29. The molecule has 2 fully saturated rings. The fourth-order valence-electron chi connectivity index (χ4n) is 4.21. The maximum Gasteiger partial charge on any atom is 0.229 e. The highest BCUT2D eigenvalue weighted by Gasteiger charge is 2.28. The van der Waals surface area contributed by atoms with E-state index in [0.29, 0.717) is 18.0 Å². The third-order valence-corrected chi connectivity index (χ3v) is 6.41. The summed E-state index contributed by atoms with van der Waals surface area (Å²) in [5, 5.41) is 16.6. The zero-order chi connectivity index (χ0) is 19.3. The zero-order valence-electron chi connectivity index (χ0n) is 16.0. The Morgan fingerprint density at radius 1 is 1.00 bits per heavy atom. The van der Waals surface area contributed by atoms with Crippen LogP contribution in [-0.2, 0) is 0 Å². The van der Waals surface area contributed by atoms with E-state index in [9.17, 15) is 5.11 Å².